The molecule has 0 saturated heterocycles. The molecule has 3 N–H and O–H groups in total. The number of hydrogen-bond donors (Lipinski definition) is 2. The van der Waals surface area contributed by atoms with Crippen LogP contribution >= 0.6 is 23.2 Å². The van der Waals surface area contributed by atoms with Crippen LogP contribution in [0.25, 0.3) is 0 Å². The van der Waals surface area contributed by atoms with Crippen molar-refractivity contribution in [3.63, 3.8) is 0 Å². The number of nitrogens with one attached hydrogen (secondary N) is 1. The number of ether oxygens (including phenoxy) is 1. The van der Waals surface area contributed by atoms with E-state index in [2.05, 4.69) is 15.3 Å². The summed E-state index contributed by atoms with van der Waals surface area (Å²) in [4.78, 5) is 8.33. The summed E-state index contributed by atoms with van der Waals surface area (Å²) in [6, 6.07) is 8.81. The summed E-state index contributed by atoms with van der Waals surface area (Å²) in [5.74, 6) is 0.871. The third-order valence-corrected chi connectivity index (χ3v) is 3.14. The lowest BCUT2D eigenvalue weighted by atomic mass is 10.3. The summed E-state index contributed by atoms with van der Waals surface area (Å²) in [6.45, 7) is 0.361. The van der Waals surface area contributed by atoms with Gasteiger partial charge in [0.15, 0.2) is 5.96 Å². The Kier molecular flexibility index (Phi) is 5.25. The number of hydrogen-bond acceptors (Lipinski definition) is 3. The van der Waals surface area contributed by atoms with Gasteiger partial charge in [0.05, 0.1) is 29.4 Å². The SMILES string of the molecule is COc1ccc(NC(N)=NCc2ccc(Cl)cn2)cc1Cl. The van der Waals surface area contributed by atoms with E-state index in [-0.39, 0.29) is 5.96 Å². The van der Waals surface area contributed by atoms with Gasteiger partial charge in [0.2, 0.25) is 0 Å². The number of aliphatic imine (C=N–C) groups is 1. The molecule has 0 amide bonds. The molecule has 5 nitrogen and oxygen atoms in total. The minimum absolute atomic E-state index is 0.271. The topological polar surface area (TPSA) is 72.5 Å². The molecule has 0 aliphatic rings. The number of halogens is 2. The van der Waals surface area contributed by atoms with Crippen LogP contribution in [0.3, 0.4) is 0 Å². The highest BCUT2D eigenvalue weighted by Crippen LogP contribution is 2.27. The molecule has 0 bridgehead atoms. The highest BCUT2D eigenvalue weighted by atomic mass is 35.5. The van der Waals surface area contributed by atoms with Crippen molar-refractivity contribution in [3.05, 3.63) is 52.3 Å². The van der Waals surface area contributed by atoms with Gasteiger partial charge < -0.3 is 15.8 Å². The van der Waals surface area contributed by atoms with Crippen LogP contribution in [-0.4, -0.2) is 18.1 Å². The van der Waals surface area contributed by atoms with Crippen LogP contribution in [0.2, 0.25) is 10.0 Å². The number of methoxy groups -OCH3 is 1. The second kappa shape index (κ2) is 7.15. The zero-order valence-electron chi connectivity index (χ0n) is 11.3. The molecule has 0 aliphatic carbocycles. The smallest absolute Gasteiger partial charge is 0.193 e. The summed E-state index contributed by atoms with van der Waals surface area (Å²) in [7, 11) is 1.56. The summed E-state index contributed by atoms with van der Waals surface area (Å²) in [5.41, 5.74) is 7.32. The van der Waals surface area contributed by atoms with Crippen LogP contribution in [0.5, 0.6) is 5.75 Å². The Balaban J connectivity index is 2.00. The molecule has 0 fully saturated rings. The standard InChI is InChI=1S/C14H14Cl2N4O/c1-21-13-5-4-10(6-12(13)16)20-14(17)19-8-11-3-2-9(15)7-18-11/h2-7H,8H2,1H3,(H3,17,19,20). The first kappa shape index (κ1) is 15.4. The van der Waals surface area contributed by atoms with Gasteiger partial charge in [-0.25, -0.2) is 4.99 Å². The Morgan fingerprint density at radius 2 is 2.14 bits per heavy atom. The predicted molar refractivity (Wildman–Crippen MR) is 86.2 cm³/mol. The molecule has 2 rings (SSSR count). The fourth-order valence-electron chi connectivity index (χ4n) is 1.60. The van der Waals surface area contributed by atoms with Crippen molar-refractivity contribution in [1.82, 2.24) is 4.98 Å². The lowest BCUT2D eigenvalue weighted by molar-refractivity contribution is 0.415. The quantitative estimate of drug-likeness (QED) is 0.668. The molecular formula is C14H14Cl2N4O. The maximum Gasteiger partial charge on any atom is 0.193 e. The van der Waals surface area contributed by atoms with Gasteiger partial charge in [-0.1, -0.05) is 23.2 Å². The van der Waals surface area contributed by atoms with Crippen molar-refractivity contribution in [2.45, 2.75) is 6.54 Å². The average Bonchev–Trinajstić information content (AvgIpc) is 2.47. The second-order valence-corrected chi connectivity index (χ2v) is 4.99. The third-order valence-electron chi connectivity index (χ3n) is 2.62. The number of benzene rings is 1. The second-order valence-electron chi connectivity index (χ2n) is 4.14. The molecule has 7 heteroatoms. The van der Waals surface area contributed by atoms with Gasteiger partial charge in [0.1, 0.15) is 5.75 Å². The van der Waals surface area contributed by atoms with Crippen molar-refractivity contribution < 1.29 is 4.74 Å². The van der Waals surface area contributed by atoms with E-state index < -0.39 is 0 Å². The Labute approximate surface area is 132 Å². The van der Waals surface area contributed by atoms with E-state index >= 15 is 0 Å². The van der Waals surface area contributed by atoms with Gasteiger partial charge in [0.25, 0.3) is 0 Å². The summed E-state index contributed by atoms with van der Waals surface area (Å²) >= 11 is 11.8. The maximum atomic E-state index is 6.03. The van der Waals surface area contributed by atoms with Gasteiger partial charge in [-0.3, -0.25) is 4.98 Å². The van der Waals surface area contributed by atoms with E-state index in [4.69, 9.17) is 33.7 Å². The number of pyridine rings is 1. The van der Waals surface area contributed by atoms with Gasteiger partial charge in [0, 0.05) is 11.9 Å². The number of aromatic nitrogens is 1. The highest BCUT2D eigenvalue weighted by Gasteiger charge is 2.02. The Morgan fingerprint density at radius 1 is 1.33 bits per heavy atom. The molecule has 1 aromatic carbocycles. The molecule has 0 saturated carbocycles. The van der Waals surface area contributed by atoms with Crippen LogP contribution in [0.15, 0.2) is 41.5 Å². The first-order chi connectivity index (χ1) is 10.1. The summed E-state index contributed by atoms with van der Waals surface area (Å²) in [5, 5.41) is 4.03. The monoisotopic (exact) mass is 324 g/mol. The zero-order valence-corrected chi connectivity index (χ0v) is 12.8. The number of rotatable bonds is 4. The van der Waals surface area contributed by atoms with E-state index in [0.717, 1.165) is 11.4 Å². The van der Waals surface area contributed by atoms with Crippen molar-refractivity contribution in [1.29, 1.82) is 0 Å². The molecule has 1 heterocycles. The van der Waals surface area contributed by atoms with E-state index in [1.165, 1.54) is 0 Å². The van der Waals surface area contributed by atoms with E-state index in [1.807, 2.05) is 0 Å². The van der Waals surface area contributed by atoms with Crippen molar-refractivity contribution >= 4 is 34.8 Å². The first-order valence-electron chi connectivity index (χ1n) is 6.09. The zero-order chi connectivity index (χ0) is 15.2. The molecule has 21 heavy (non-hydrogen) atoms. The van der Waals surface area contributed by atoms with Crippen molar-refractivity contribution in [3.8, 4) is 5.75 Å². The number of guanidine groups is 1. The molecule has 1 aromatic heterocycles. The molecule has 0 radical (unpaired) electrons. The molecule has 0 atom stereocenters. The molecular weight excluding hydrogens is 311 g/mol. The molecule has 110 valence electrons. The lowest BCUT2D eigenvalue weighted by Gasteiger charge is -2.08. The van der Waals surface area contributed by atoms with Crippen molar-refractivity contribution in [2.24, 2.45) is 10.7 Å². The normalized spacial score (nSPS) is 11.3. The molecule has 0 aliphatic heterocycles. The van der Waals surface area contributed by atoms with E-state index in [9.17, 15) is 0 Å². The minimum Gasteiger partial charge on any atom is -0.495 e. The largest absolute Gasteiger partial charge is 0.495 e. The van der Waals surface area contributed by atoms with Crippen LogP contribution < -0.4 is 15.8 Å². The number of nitrogens with two attached hydrogens (primary N) is 1. The fourth-order valence-corrected chi connectivity index (χ4v) is 1.97. The predicted octanol–water partition coefficient (Wildman–Crippen LogP) is 3.32. The van der Waals surface area contributed by atoms with Crippen LogP contribution in [0.1, 0.15) is 5.69 Å². The number of nitrogens with zero attached hydrogens (tertiary/aromatic N) is 2. The Bertz CT molecular complexity index is 644. The lowest BCUT2D eigenvalue weighted by Crippen LogP contribution is -2.22. The molecule has 0 unspecified atom stereocenters. The fraction of sp³-hybridized carbons (Fsp3) is 0.143. The average molecular weight is 325 g/mol. The summed E-state index contributed by atoms with van der Waals surface area (Å²) in [6.07, 6.45) is 1.57. The van der Waals surface area contributed by atoms with E-state index in [0.29, 0.717) is 22.3 Å². The van der Waals surface area contributed by atoms with Crippen molar-refractivity contribution in [2.75, 3.05) is 12.4 Å². The molecule has 2 aromatic rings. The third kappa shape index (κ3) is 4.51. The van der Waals surface area contributed by atoms with E-state index in [1.54, 1.807) is 43.6 Å². The Hall–Kier alpha value is -1.98. The Morgan fingerprint density at radius 3 is 2.76 bits per heavy atom. The van der Waals surface area contributed by atoms with Gasteiger partial charge in [-0.15, -0.1) is 0 Å². The highest BCUT2D eigenvalue weighted by molar-refractivity contribution is 6.32. The minimum atomic E-state index is 0.271. The van der Waals surface area contributed by atoms with Crippen LogP contribution in [0.4, 0.5) is 5.69 Å². The van der Waals surface area contributed by atoms with Gasteiger partial charge in [-0.2, -0.15) is 0 Å². The maximum absolute atomic E-state index is 6.03. The van der Waals surface area contributed by atoms with Crippen LogP contribution in [-0.2, 0) is 6.54 Å². The molecule has 0 spiro atoms. The summed E-state index contributed by atoms with van der Waals surface area (Å²) < 4.78 is 5.08. The van der Waals surface area contributed by atoms with Gasteiger partial charge in [-0.05, 0) is 30.3 Å². The van der Waals surface area contributed by atoms with Crippen LogP contribution in [0, 0.1) is 0 Å². The first-order valence-corrected chi connectivity index (χ1v) is 6.85. The van der Waals surface area contributed by atoms with Gasteiger partial charge >= 0.3 is 0 Å². The number of anilines is 1.